The molecular weight excluding hydrogens is 358 g/mol. The van der Waals surface area contributed by atoms with Crippen molar-refractivity contribution in [3.63, 3.8) is 0 Å². The topological polar surface area (TPSA) is 93.5 Å². The summed E-state index contributed by atoms with van der Waals surface area (Å²) in [6, 6.07) is 10.8. The number of carbonyl (C=O) groups is 1. The van der Waals surface area contributed by atoms with Gasteiger partial charge in [0.05, 0.1) is 29.8 Å². The largest absolute Gasteiger partial charge is 0.494 e. The maximum Gasteiger partial charge on any atom is 0.273 e. The zero-order valence-electron chi connectivity index (χ0n) is 14.7. The maximum atomic E-state index is 12.4. The number of nitrogens with one attached hydrogen (secondary N) is 2. The van der Waals surface area contributed by atoms with Crippen LogP contribution in [0.1, 0.15) is 25.5 Å². The molecule has 8 heteroatoms. The van der Waals surface area contributed by atoms with Gasteiger partial charge in [0.1, 0.15) is 5.75 Å². The van der Waals surface area contributed by atoms with Crippen LogP contribution in [0.15, 0.2) is 42.5 Å². The van der Waals surface area contributed by atoms with Crippen molar-refractivity contribution >= 4 is 28.9 Å². The number of ether oxygens (including phenoxy) is 1. The Bertz CT molecular complexity index is 813. The van der Waals surface area contributed by atoms with E-state index in [2.05, 4.69) is 10.6 Å². The molecule has 0 aliphatic heterocycles. The SMILES string of the molecule is COc1cc([N+](=O)[O-])ccc1NC(=O)[C@H](C)N[C@@H](C)c1cccc(Cl)c1. The predicted octanol–water partition coefficient (Wildman–Crippen LogP) is 3.93. The van der Waals surface area contributed by atoms with Crippen LogP contribution in [0.4, 0.5) is 11.4 Å². The van der Waals surface area contributed by atoms with Crippen molar-refractivity contribution in [2.75, 3.05) is 12.4 Å². The molecule has 2 aromatic carbocycles. The van der Waals surface area contributed by atoms with E-state index in [1.807, 2.05) is 25.1 Å². The average Bonchev–Trinajstić information content (AvgIpc) is 2.61. The third-order valence-electron chi connectivity index (χ3n) is 3.90. The summed E-state index contributed by atoms with van der Waals surface area (Å²) in [7, 11) is 1.39. The Morgan fingerprint density at radius 2 is 1.96 bits per heavy atom. The summed E-state index contributed by atoms with van der Waals surface area (Å²) in [5, 5.41) is 17.4. The number of amides is 1. The maximum absolute atomic E-state index is 12.4. The van der Waals surface area contributed by atoms with Crippen molar-refractivity contribution < 1.29 is 14.5 Å². The van der Waals surface area contributed by atoms with Crippen LogP contribution in [0.25, 0.3) is 0 Å². The minimum atomic E-state index is -0.523. The predicted molar refractivity (Wildman–Crippen MR) is 101 cm³/mol. The van der Waals surface area contributed by atoms with Gasteiger partial charge in [-0.3, -0.25) is 20.2 Å². The highest BCUT2D eigenvalue weighted by Crippen LogP contribution is 2.29. The molecule has 0 saturated carbocycles. The molecule has 2 rings (SSSR count). The molecule has 0 aromatic heterocycles. The molecule has 0 heterocycles. The molecule has 138 valence electrons. The zero-order chi connectivity index (χ0) is 19.3. The number of hydrogen-bond acceptors (Lipinski definition) is 5. The van der Waals surface area contributed by atoms with Crippen LogP contribution >= 0.6 is 11.6 Å². The number of methoxy groups -OCH3 is 1. The molecule has 0 bridgehead atoms. The number of anilines is 1. The highest BCUT2D eigenvalue weighted by Gasteiger charge is 2.19. The number of carbonyl (C=O) groups excluding carboxylic acids is 1. The van der Waals surface area contributed by atoms with E-state index in [9.17, 15) is 14.9 Å². The Hall–Kier alpha value is -2.64. The first-order valence-electron chi connectivity index (χ1n) is 7.96. The fourth-order valence-corrected chi connectivity index (χ4v) is 2.66. The first kappa shape index (κ1) is 19.7. The van der Waals surface area contributed by atoms with Crippen LogP contribution in [0.5, 0.6) is 5.75 Å². The highest BCUT2D eigenvalue weighted by atomic mass is 35.5. The summed E-state index contributed by atoms with van der Waals surface area (Å²) in [5.41, 5.74) is 1.22. The van der Waals surface area contributed by atoms with Crippen LogP contribution in [0.3, 0.4) is 0 Å². The van der Waals surface area contributed by atoms with E-state index >= 15 is 0 Å². The lowest BCUT2D eigenvalue weighted by molar-refractivity contribution is -0.384. The monoisotopic (exact) mass is 377 g/mol. The number of nitro groups is 1. The number of benzene rings is 2. The molecule has 0 saturated heterocycles. The van der Waals surface area contributed by atoms with Crippen molar-refractivity contribution in [2.45, 2.75) is 25.9 Å². The van der Waals surface area contributed by atoms with Crippen molar-refractivity contribution in [3.05, 3.63) is 63.2 Å². The van der Waals surface area contributed by atoms with Gasteiger partial charge in [-0.25, -0.2) is 0 Å². The van der Waals surface area contributed by atoms with E-state index in [1.165, 1.54) is 25.3 Å². The second-order valence-corrected chi connectivity index (χ2v) is 6.23. The van der Waals surface area contributed by atoms with Crippen molar-refractivity contribution in [3.8, 4) is 5.75 Å². The molecule has 0 spiro atoms. The highest BCUT2D eigenvalue weighted by molar-refractivity contribution is 6.30. The van der Waals surface area contributed by atoms with Gasteiger partial charge in [0.25, 0.3) is 5.69 Å². The van der Waals surface area contributed by atoms with Crippen molar-refractivity contribution in [1.29, 1.82) is 0 Å². The van der Waals surface area contributed by atoms with E-state index < -0.39 is 11.0 Å². The lowest BCUT2D eigenvalue weighted by atomic mass is 10.1. The van der Waals surface area contributed by atoms with E-state index in [1.54, 1.807) is 13.0 Å². The third kappa shape index (κ3) is 4.93. The van der Waals surface area contributed by atoms with E-state index in [0.717, 1.165) is 5.56 Å². The van der Waals surface area contributed by atoms with E-state index in [0.29, 0.717) is 10.7 Å². The van der Waals surface area contributed by atoms with Crippen molar-refractivity contribution in [2.24, 2.45) is 0 Å². The standard InChI is InChI=1S/C18H20ClN3O4/c1-11(13-5-4-6-14(19)9-13)20-12(2)18(23)21-16-8-7-15(22(24)25)10-17(16)26-3/h4-12,20H,1-3H3,(H,21,23)/t11-,12-/m0/s1. The molecule has 2 aromatic rings. The minimum Gasteiger partial charge on any atom is -0.494 e. The molecule has 0 unspecified atom stereocenters. The molecule has 7 nitrogen and oxygen atoms in total. The fraction of sp³-hybridized carbons (Fsp3) is 0.278. The number of halogens is 1. The van der Waals surface area contributed by atoms with Gasteiger partial charge >= 0.3 is 0 Å². The van der Waals surface area contributed by atoms with E-state index in [-0.39, 0.29) is 23.4 Å². The molecule has 26 heavy (non-hydrogen) atoms. The summed E-state index contributed by atoms with van der Waals surface area (Å²) < 4.78 is 5.13. The van der Waals surface area contributed by atoms with Crippen molar-refractivity contribution in [1.82, 2.24) is 5.32 Å². The van der Waals surface area contributed by atoms with Gasteiger partial charge in [-0.15, -0.1) is 0 Å². The van der Waals surface area contributed by atoms with Crippen LogP contribution in [-0.2, 0) is 4.79 Å². The Morgan fingerprint density at radius 3 is 2.58 bits per heavy atom. The molecule has 0 aliphatic carbocycles. The van der Waals surface area contributed by atoms with Gasteiger partial charge < -0.3 is 10.1 Å². The molecular formula is C18H20ClN3O4. The van der Waals surface area contributed by atoms with Crippen LogP contribution in [-0.4, -0.2) is 24.0 Å². The van der Waals surface area contributed by atoms with Gasteiger partial charge in [0.15, 0.2) is 0 Å². The normalized spacial score (nSPS) is 12.9. The Morgan fingerprint density at radius 1 is 1.23 bits per heavy atom. The molecule has 2 atom stereocenters. The number of hydrogen-bond donors (Lipinski definition) is 2. The number of rotatable bonds is 7. The van der Waals surface area contributed by atoms with Gasteiger partial charge in [-0.1, -0.05) is 23.7 Å². The summed E-state index contributed by atoms with van der Waals surface area (Å²) in [6.07, 6.45) is 0. The smallest absolute Gasteiger partial charge is 0.273 e. The number of nitro benzene ring substituents is 1. The lowest BCUT2D eigenvalue weighted by Gasteiger charge is -2.20. The third-order valence-corrected chi connectivity index (χ3v) is 4.13. The molecule has 0 fully saturated rings. The molecule has 2 N–H and O–H groups in total. The summed E-state index contributed by atoms with van der Waals surface area (Å²) >= 11 is 5.99. The van der Waals surface area contributed by atoms with E-state index in [4.69, 9.17) is 16.3 Å². The second kappa shape index (κ2) is 8.64. The summed E-state index contributed by atoms with van der Waals surface area (Å²) in [6.45, 7) is 3.66. The van der Waals surface area contributed by atoms with Gasteiger partial charge in [-0.05, 0) is 37.6 Å². The molecule has 0 aliphatic rings. The Kier molecular flexibility index (Phi) is 6.54. The average molecular weight is 378 g/mol. The summed E-state index contributed by atoms with van der Waals surface area (Å²) in [4.78, 5) is 22.8. The molecule has 0 radical (unpaired) electrons. The quantitative estimate of drug-likeness (QED) is 0.563. The Labute approximate surface area is 156 Å². The first-order chi connectivity index (χ1) is 12.3. The lowest BCUT2D eigenvalue weighted by Crippen LogP contribution is -2.39. The summed E-state index contributed by atoms with van der Waals surface area (Å²) in [5.74, 6) is -0.0614. The fourth-order valence-electron chi connectivity index (χ4n) is 2.46. The number of non-ortho nitro benzene ring substituents is 1. The zero-order valence-corrected chi connectivity index (χ0v) is 15.4. The first-order valence-corrected chi connectivity index (χ1v) is 8.34. The van der Waals surface area contributed by atoms with Gasteiger partial charge in [0.2, 0.25) is 5.91 Å². The van der Waals surface area contributed by atoms with Crippen LogP contribution < -0.4 is 15.4 Å². The van der Waals surface area contributed by atoms with Gasteiger partial charge in [-0.2, -0.15) is 0 Å². The van der Waals surface area contributed by atoms with Crippen LogP contribution in [0, 0.1) is 10.1 Å². The number of nitrogens with zero attached hydrogens (tertiary/aromatic N) is 1. The molecule has 1 amide bonds. The van der Waals surface area contributed by atoms with Crippen LogP contribution in [0.2, 0.25) is 5.02 Å². The minimum absolute atomic E-state index is 0.0896. The second-order valence-electron chi connectivity index (χ2n) is 5.80. The Balaban J connectivity index is 2.06. The van der Waals surface area contributed by atoms with Gasteiger partial charge in [0, 0.05) is 17.1 Å².